The lowest BCUT2D eigenvalue weighted by atomic mass is 10.00. The van der Waals surface area contributed by atoms with Gasteiger partial charge in [0.05, 0.1) is 5.25 Å². The maximum Gasteiger partial charge on any atom is 0.192 e. The minimum absolute atomic E-state index is 0.00218. The van der Waals surface area contributed by atoms with E-state index in [4.69, 9.17) is 17.2 Å². The summed E-state index contributed by atoms with van der Waals surface area (Å²) in [5.41, 5.74) is 20.2. The molecule has 21 heavy (non-hydrogen) atoms. The molecule has 0 bridgehead atoms. The number of thioether (sulfide) groups is 1. The Morgan fingerprint density at radius 1 is 1.14 bits per heavy atom. The second-order valence-electron chi connectivity index (χ2n) is 4.97. The zero-order chi connectivity index (χ0) is 15.4. The summed E-state index contributed by atoms with van der Waals surface area (Å²) in [4.78, 5) is 8.48. The fourth-order valence-corrected chi connectivity index (χ4v) is 3.43. The van der Waals surface area contributed by atoms with Crippen molar-refractivity contribution in [1.82, 2.24) is 9.97 Å². The highest BCUT2D eigenvalue weighted by Gasteiger charge is 2.23. The molecule has 0 aliphatic rings. The van der Waals surface area contributed by atoms with Gasteiger partial charge in [-0.3, -0.25) is 0 Å². The molecule has 0 saturated heterocycles. The molecular formula is C15H21N5S. The lowest BCUT2D eigenvalue weighted by Gasteiger charge is -2.23. The quantitative estimate of drug-likeness (QED) is 0.579. The van der Waals surface area contributed by atoms with Gasteiger partial charge in [0, 0.05) is 12.1 Å². The zero-order valence-corrected chi connectivity index (χ0v) is 13.1. The van der Waals surface area contributed by atoms with Crippen molar-refractivity contribution in [2.75, 3.05) is 11.5 Å². The van der Waals surface area contributed by atoms with Gasteiger partial charge in [-0.1, -0.05) is 43.0 Å². The number of hydrogen-bond acceptors (Lipinski definition) is 6. The molecule has 0 spiro atoms. The Kier molecular flexibility index (Phi) is 5.03. The Hall–Kier alpha value is -1.79. The molecule has 1 heterocycles. The van der Waals surface area contributed by atoms with Crippen LogP contribution in [0.1, 0.15) is 29.7 Å². The van der Waals surface area contributed by atoms with Crippen LogP contribution in [0.25, 0.3) is 0 Å². The van der Waals surface area contributed by atoms with Gasteiger partial charge in [0.25, 0.3) is 0 Å². The molecule has 6 N–H and O–H groups in total. The number of anilines is 2. The topological polar surface area (TPSA) is 104 Å². The molecule has 112 valence electrons. The molecule has 2 rings (SSSR count). The summed E-state index contributed by atoms with van der Waals surface area (Å²) < 4.78 is 0. The van der Waals surface area contributed by atoms with Crippen LogP contribution in [0.15, 0.2) is 35.5 Å². The van der Waals surface area contributed by atoms with E-state index in [9.17, 15) is 0 Å². The first kappa shape index (κ1) is 15.6. The third-order valence-electron chi connectivity index (χ3n) is 3.33. The molecule has 0 fully saturated rings. The highest BCUT2D eigenvalue weighted by atomic mass is 32.2. The Labute approximate surface area is 129 Å². The van der Waals surface area contributed by atoms with Crippen LogP contribution < -0.4 is 17.2 Å². The average Bonchev–Trinajstić information content (AvgIpc) is 2.44. The number of nitrogens with two attached hydrogens (primary N) is 3. The molecule has 0 saturated carbocycles. The van der Waals surface area contributed by atoms with Gasteiger partial charge < -0.3 is 17.2 Å². The molecule has 5 nitrogen and oxygen atoms in total. The molecule has 1 aromatic heterocycles. The number of nitrogens with zero attached hydrogens (tertiary/aromatic N) is 2. The minimum atomic E-state index is 0.00218. The standard InChI is InChI=1S/C15H21N5S/c1-3-11(16)14(10-7-5-4-6-9(10)2)21-15-19-12(17)8-13(18)20-15/h4-8,11,14H,3,16H2,1-2H3,(H4,17,18,19,20). The number of nitrogen functional groups attached to an aromatic ring is 2. The van der Waals surface area contributed by atoms with E-state index in [1.807, 2.05) is 12.1 Å². The number of rotatable bonds is 5. The van der Waals surface area contributed by atoms with Crippen LogP contribution in [0.3, 0.4) is 0 Å². The van der Waals surface area contributed by atoms with Gasteiger partial charge >= 0.3 is 0 Å². The van der Waals surface area contributed by atoms with Crippen molar-refractivity contribution in [3.8, 4) is 0 Å². The first-order valence-electron chi connectivity index (χ1n) is 6.89. The predicted octanol–water partition coefficient (Wildman–Crippen LogP) is 2.52. The van der Waals surface area contributed by atoms with Crippen LogP contribution in [0.4, 0.5) is 11.6 Å². The summed E-state index contributed by atoms with van der Waals surface area (Å²) >= 11 is 1.51. The average molecular weight is 303 g/mol. The second kappa shape index (κ2) is 6.78. The monoisotopic (exact) mass is 303 g/mol. The van der Waals surface area contributed by atoms with E-state index in [1.54, 1.807) is 6.07 Å². The number of benzene rings is 1. The lowest BCUT2D eigenvalue weighted by Crippen LogP contribution is -2.26. The predicted molar refractivity (Wildman–Crippen MR) is 88.9 cm³/mol. The number of aryl methyl sites for hydroxylation is 1. The van der Waals surface area contributed by atoms with Gasteiger partial charge in [-0.05, 0) is 24.5 Å². The molecule has 0 radical (unpaired) electrons. The Bertz CT molecular complexity index is 597. The van der Waals surface area contributed by atoms with Crippen LogP contribution in [-0.4, -0.2) is 16.0 Å². The first-order valence-corrected chi connectivity index (χ1v) is 7.77. The fraction of sp³-hybridized carbons (Fsp3) is 0.333. The van der Waals surface area contributed by atoms with E-state index in [2.05, 4.69) is 35.9 Å². The molecule has 2 atom stereocenters. The van der Waals surface area contributed by atoms with Gasteiger partial charge in [0.2, 0.25) is 0 Å². The summed E-state index contributed by atoms with van der Waals surface area (Å²) in [6.07, 6.45) is 0.865. The van der Waals surface area contributed by atoms with Gasteiger partial charge in [-0.2, -0.15) is 0 Å². The highest BCUT2D eigenvalue weighted by molar-refractivity contribution is 7.99. The molecule has 0 aliphatic carbocycles. The van der Waals surface area contributed by atoms with Crippen molar-refractivity contribution < 1.29 is 0 Å². The Morgan fingerprint density at radius 3 is 2.33 bits per heavy atom. The van der Waals surface area contributed by atoms with Crippen molar-refractivity contribution in [2.24, 2.45) is 5.73 Å². The van der Waals surface area contributed by atoms with E-state index < -0.39 is 0 Å². The van der Waals surface area contributed by atoms with Crippen molar-refractivity contribution in [3.63, 3.8) is 0 Å². The third-order valence-corrected chi connectivity index (χ3v) is 4.58. The molecule has 0 aliphatic heterocycles. The largest absolute Gasteiger partial charge is 0.383 e. The maximum atomic E-state index is 6.30. The van der Waals surface area contributed by atoms with Crippen molar-refractivity contribution in [1.29, 1.82) is 0 Å². The number of aromatic nitrogens is 2. The second-order valence-corrected chi connectivity index (χ2v) is 6.08. The Morgan fingerprint density at radius 2 is 1.76 bits per heavy atom. The summed E-state index contributed by atoms with van der Waals surface area (Å²) in [6, 6.07) is 9.77. The van der Waals surface area contributed by atoms with Crippen LogP contribution in [-0.2, 0) is 0 Å². The Balaban J connectivity index is 2.35. The molecule has 6 heteroatoms. The van der Waals surface area contributed by atoms with Gasteiger partial charge in [-0.15, -0.1) is 0 Å². The van der Waals surface area contributed by atoms with Crippen LogP contribution in [0.2, 0.25) is 0 Å². The molecule has 2 unspecified atom stereocenters. The lowest BCUT2D eigenvalue weighted by molar-refractivity contribution is 0.630. The van der Waals surface area contributed by atoms with Crippen molar-refractivity contribution >= 4 is 23.4 Å². The summed E-state index contributed by atoms with van der Waals surface area (Å²) in [7, 11) is 0. The van der Waals surface area contributed by atoms with E-state index in [1.165, 1.54) is 22.9 Å². The van der Waals surface area contributed by atoms with Crippen molar-refractivity contribution in [3.05, 3.63) is 41.5 Å². The normalized spacial score (nSPS) is 13.9. The SMILES string of the molecule is CCC(N)C(Sc1nc(N)cc(N)n1)c1ccccc1C. The number of hydrogen-bond donors (Lipinski definition) is 3. The molecule has 2 aromatic rings. The summed E-state index contributed by atoms with van der Waals surface area (Å²) in [5.74, 6) is 0.747. The minimum Gasteiger partial charge on any atom is -0.383 e. The maximum absolute atomic E-state index is 6.30. The van der Waals surface area contributed by atoms with Crippen LogP contribution >= 0.6 is 11.8 Å². The highest BCUT2D eigenvalue weighted by Crippen LogP contribution is 2.38. The summed E-state index contributed by atoms with van der Waals surface area (Å²) in [6.45, 7) is 4.16. The fourth-order valence-electron chi connectivity index (χ4n) is 2.13. The molecular weight excluding hydrogens is 282 g/mol. The van der Waals surface area contributed by atoms with E-state index in [-0.39, 0.29) is 11.3 Å². The van der Waals surface area contributed by atoms with Gasteiger partial charge in [0.15, 0.2) is 5.16 Å². The van der Waals surface area contributed by atoms with Crippen LogP contribution in [0, 0.1) is 6.92 Å². The summed E-state index contributed by atoms with van der Waals surface area (Å²) in [5, 5.41) is 0.627. The molecule has 0 amide bonds. The smallest absolute Gasteiger partial charge is 0.192 e. The first-order chi connectivity index (χ1) is 10.0. The van der Waals surface area contributed by atoms with Crippen LogP contribution in [0.5, 0.6) is 0 Å². The van der Waals surface area contributed by atoms with E-state index in [0.29, 0.717) is 16.8 Å². The van der Waals surface area contributed by atoms with E-state index in [0.717, 1.165) is 6.42 Å². The van der Waals surface area contributed by atoms with Gasteiger partial charge in [-0.25, -0.2) is 9.97 Å². The van der Waals surface area contributed by atoms with Gasteiger partial charge in [0.1, 0.15) is 11.6 Å². The van der Waals surface area contributed by atoms with Crippen molar-refractivity contribution in [2.45, 2.75) is 36.7 Å². The third kappa shape index (κ3) is 3.86. The zero-order valence-electron chi connectivity index (χ0n) is 12.3. The molecule has 1 aromatic carbocycles. The van der Waals surface area contributed by atoms with E-state index >= 15 is 0 Å².